The van der Waals surface area contributed by atoms with Crippen molar-refractivity contribution in [1.29, 1.82) is 0 Å². The molecule has 1 rings (SSSR count). The van der Waals surface area contributed by atoms with Crippen molar-refractivity contribution in [3.05, 3.63) is 0 Å². The van der Waals surface area contributed by atoms with E-state index in [-0.39, 0.29) is 29.4 Å². The molecule has 1 atom stereocenters. The van der Waals surface area contributed by atoms with Crippen LogP contribution in [-0.2, 0) is 14.6 Å². The molecule has 0 aliphatic carbocycles. The fraction of sp³-hybridized carbons (Fsp3) is 0.857. The lowest BCUT2D eigenvalue weighted by molar-refractivity contribution is -0.119. The molecular weight excluding hydrogens is 178 g/mol. The Balaban J connectivity index is 2.78. The maximum Gasteiger partial charge on any atom is 0.235 e. The van der Waals surface area contributed by atoms with Gasteiger partial charge >= 0.3 is 0 Å². The minimum atomic E-state index is -3.14. The van der Waals surface area contributed by atoms with Gasteiger partial charge in [0.25, 0.3) is 0 Å². The van der Waals surface area contributed by atoms with Gasteiger partial charge < -0.3 is 5.32 Å². The van der Waals surface area contributed by atoms with E-state index in [4.69, 9.17) is 0 Å². The lowest BCUT2D eigenvalue weighted by atomic mass is 10.1. The fourth-order valence-electron chi connectivity index (χ4n) is 1.18. The zero-order valence-electron chi connectivity index (χ0n) is 7.20. The third-order valence-corrected chi connectivity index (χ3v) is 3.50. The van der Waals surface area contributed by atoms with E-state index in [1.54, 1.807) is 0 Å². The molecule has 70 valence electrons. The van der Waals surface area contributed by atoms with Crippen LogP contribution in [0.4, 0.5) is 0 Å². The molecular formula is C7H13NO3S. The predicted octanol–water partition coefficient (Wildman–Crippen LogP) is -0.444. The van der Waals surface area contributed by atoms with Gasteiger partial charge in [-0.25, -0.2) is 8.42 Å². The summed E-state index contributed by atoms with van der Waals surface area (Å²) in [5.41, 5.74) is 0. The highest BCUT2D eigenvalue weighted by atomic mass is 32.2. The first-order valence-corrected chi connectivity index (χ1v) is 5.72. The second-order valence-corrected chi connectivity index (χ2v) is 5.58. The summed E-state index contributed by atoms with van der Waals surface area (Å²) >= 11 is 0. The molecule has 1 amide bonds. The monoisotopic (exact) mass is 191 g/mol. The Labute approximate surface area is 72.3 Å². The third-order valence-electron chi connectivity index (χ3n) is 1.94. The minimum absolute atomic E-state index is 0.0798. The molecule has 0 saturated carbocycles. The zero-order valence-corrected chi connectivity index (χ0v) is 8.02. The molecule has 0 aromatic heterocycles. The average molecular weight is 191 g/mol. The summed E-state index contributed by atoms with van der Waals surface area (Å²) in [5.74, 6) is -0.476. The number of hydrogen-bond acceptors (Lipinski definition) is 3. The van der Waals surface area contributed by atoms with Gasteiger partial charge in [-0.05, 0) is 5.92 Å². The van der Waals surface area contributed by atoms with Crippen LogP contribution < -0.4 is 5.32 Å². The minimum Gasteiger partial charge on any atom is -0.351 e. The van der Waals surface area contributed by atoms with Crippen molar-refractivity contribution >= 4 is 15.7 Å². The van der Waals surface area contributed by atoms with Gasteiger partial charge in [0.15, 0.2) is 9.84 Å². The predicted molar refractivity (Wildman–Crippen MR) is 45.4 cm³/mol. The van der Waals surface area contributed by atoms with Gasteiger partial charge in [0.2, 0.25) is 5.91 Å². The molecule has 1 fully saturated rings. The van der Waals surface area contributed by atoms with Crippen molar-refractivity contribution in [2.45, 2.75) is 19.9 Å². The summed E-state index contributed by atoms with van der Waals surface area (Å²) < 4.78 is 22.2. The van der Waals surface area contributed by atoms with Crippen molar-refractivity contribution in [2.75, 3.05) is 11.5 Å². The molecule has 0 aromatic carbocycles. The van der Waals surface area contributed by atoms with Crippen molar-refractivity contribution < 1.29 is 13.2 Å². The number of carbonyl (C=O) groups is 1. The molecule has 1 heterocycles. The molecule has 0 bridgehead atoms. The van der Waals surface area contributed by atoms with Gasteiger partial charge in [-0.2, -0.15) is 0 Å². The summed E-state index contributed by atoms with van der Waals surface area (Å²) in [6.45, 7) is 3.79. The Morgan fingerprint density at radius 3 is 2.50 bits per heavy atom. The molecule has 12 heavy (non-hydrogen) atoms. The normalized spacial score (nSPS) is 28.6. The highest BCUT2D eigenvalue weighted by Crippen LogP contribution is 2.09. The molecule has 1 unspecified atom stereocenters. The Morgan fingerprint density at radius 2 is 2.08 bits per heavy atom. The highest BCUT2D eigenvalue weighted by Gasteiger charge is 2.30. The lowest BCUT2D eigenvalue weighted by Crippen LogP contribution is -2.51. The van der Waals surface area contributed by atoms with Crippen LogP contribution in [-0.4, -0.2) is 31.9 Å². The number of amides is 1. The molecule has 0 radical (unpaired) electrons. The maximum atomic E-state index is 11.1. The van der Waals surface area contributed by atoms with Crippen molar-refractivity contribution in [1.82, 2.24) is 5.32 Å². The first-order chi connectivity index (χ1) is 5.41. The second-order valence-electron chi connectivity index (χ2n) is 3.47. The van der Waals surface area contributed by atoms with Crippen LogP contribution in [0.3, 0.4) is 0 Å². The van der Waals surface area contributed by atoms with Crippen molar-refractivity contribution in [3.8, 4) is 0 Å². The SMILES string of the molecule is CC(C)C1CS(=O)(=O)CC(=O)N1. The van der Waals surface area contributed by atoms with E-state index in [1.807, 2.05) is 13.8 Å². The summed E-state index contributed by atoms with van der Waals surface area (Å²) in [6, 6.07) is -0.212. The average Bonchev–Trinajstić information content (AvgIpc) is 1.82. The summed E-state index contributed by atoms with van der Waals surface area (Å²) in [5, 5.41) is 2.65. The fourth-order valence-corrected chi connectivity index (χ4v) is 2.80. The standard InChI is InChI=1S/C7H13NO3S/c1-5(2)6-3-12(10,11)4-7(9)8-6/h5-6H,3-4H2,1-2H3,(H,8,9). The van der Waals surface area contributed by atoms with E-state index in [0.29, 0.717) is 0 Å². The van der Waals surface area contributed by atoms with E-state index in [1.165, 1.54) is 0 Å². The molecule has 1 aliphatic rings. The number of rotatable bonds is 1. The lowest BCUT2D eigenvalue weighted by Gasteiger charge is -2.26. The van der Waals surface area contributed by atoms with E-state index >= 15 is 0 Å². The highest BCUT2D eigenvalue weighted by molar-refractivity contribution is 7.92. The van der Waals surface area contributed by atoms with Crippen LogP contribution >= 0.6 is 0 Å². The van der Waals surface area contributed by atoms with Crippen LogP contribution in [0.15, 0.2) is 0 Å². The second kappa shape index (κ2) is 3.05. The van der Waals surface area contributed by atoms with E-state index < -0.39 is 9.84 Å². The zero-order chi connectivity index (χ0) is 9.35. The topological polar surface area (TPSA) is 63.2 Å². The first-order valence-electron chi connectivity index (χ1n) is 3.90. The number of hydrogen-bond donors (Lipinski definition) is 1. The number of nitrogens with one attached hydrogen (secondary N) is 1. The third kappa shape index (κ3) is 2.20. The van der Waals surface area contributed by atoms with Gasteiger partial charge in [0, 0.05) is 6.04 Å². The van der Waals surface area contributed by atoms with Crippen LogP contribution in [0, 0.1) is 5.92 Å². The smallest absolute Gasteiger partial charge is 0.235 e. The van der Waals surface area contributed by atoms with Crippen molar-refractivity contribution in [2.24, 2.45) is 5.92 Å². The van der Waals surface area contributed by atoms with Gasteiger partial charge in [0.05, 0.1) is 5.75 Å². The van der Waals surface area contributed by atoms with Crippen LogP contribution in [0.1, 0.15) is 13.8 Å². The van der Waals surface area contributed by atoms with Crippen LogP contribution in [0.25, 0.3) is 0 Å². The molecule has 0 spiro atoms. The summed E-state index contributed by atoms with van der Waals surface area (Å²) in [7, 11) is -3.14. The summed E-state index contributed by atoms with van der Waals surface area (Å²) in [6.07, 6.45) is 0. The van der Waals surface area contributed by atoms with Gasteiger partial charge in [-0.3, -0.25) is 4.79 Å². The molecule has 5 heteroatoms. The first kappa shape index (κ1) is 9.51. The number of carbonyl (C=O) groups excluding carboxylic acids is 1. The van der Waals surface area contributed by atoms with Crippen molar-refractivity contribution in [3.63, 3.8) is 0 Å². The Kier molecular flexibility index (Phi) is 2.41. The Hall–Kier alpha value is -0.580. The van der Waals surface area contributed by atoms with Crippen LogP contribution in [0.5, 0.6) is 0 Å². The van der Waals surface area contributed by atoms with Gasteiger partial charge in [-0.15, -0.1) is 0 Å². The van der Waals surface area contributed by atoms with Gasteiger partial charge in [0.1, 0.15) is 5.75 Å². The quantitative estimate of drug-likeness (QED) is 0.611. The van der Waals surface area contributed by atoms with Crippen LogP contribution in [0.2, 0.25) is 0 Å². The van der Waals surface area contributed by atoms with E-state index in [2.05, 4.69) is 5.32 Å². The largest absolute Gasteiger partial charge is 0.351 e. The molecule has 0 aromatic rings. The molecule has 1 saturated heterocycles. The Morgan fingerprint density at radius 1 is 1.50 bits per heavy atom. The molecule has 4 nitrogen and oxygen atoms in total. The van der Waals surface area contributed by atoms with Gasteiger partial charge in [-0.1, -0.05) is 13.8 Å². The molecule has 1 N–H and O–H groups in total. The van der Waals surface area contributed by atoms with E-state index in [9.17, 15) is 13.2 Å². The molecule has 1 aliphatic heterocycles. The Bertz CT molecular complexity index is 281. The maximum absolute atomic E-state index is 11.1. The number of sulfone groups is 1. The van der Waals surface area contributed by atoms with E-state index in [0.717, 1.165) is 0 Å². The summed E-state index contributed by atoms with van der Waals surface area (Å²) in [4.78, 5) is 10.9.